The molecule has 5 nitrogen and oxygen atoms in total. The number of hydrogen-bond donors (Lipinski definition) is 2. The van der Waals surface area contributed by atoms with E-state index in [1.807, 2.05) is 13.8 Å². The molecule has 1 aliphatic rings. The Bertz CT molecular complexity index is 511. The van der Waals surface area contributed by atoms with E-state index in [1.54, 1.807) is 24.3 Å². The third-order valence-electron chi connectivity index (χ3n) is 2.68. The fourth-order valence-corrected chi connectivity index (χ4v) is 1.82. The molecule has 1 amide bonds. The average Bonchev–Trinajstić information content (AvgIpc) is 2.62. The SMILES string of the molecule is C=CCC(N)C(=O)Nc1ccc2c(c1)OC(C)(C)O2. The van der Waals surface area contributed by atoms with Crippen LogP contribution in [-0.4, -0.2) is 17.7 Å². The van der Waals surface area contributed by atoms with E-state index in [0.717, 1.165) is 0 Å². The molecular weight excluding hydrogens is 244 g/mol. The number of rotatable bonds is 4. The van der Waals surface area contributed by atoms with Crippen molar-refractivity contribution in [2.24, 2.45) is 5.73 Å². The topological polar surface area (TPSA) is 73.6 Å². The highest BCUT2D eigenvalue weighted by atomic mass is 16.7. The van der Waals surface area contributed by atoms with Crippen molar-refractivity contribution in [1.82, 2.24) is 0 Å². The lowest BCUT2D eigenvalue weighted by atomic mass is 10.2. The summed E-state index contributed by atoms with van der Waals surface area (Å²) in [5.74, 6) is 0.348. The predicted octanol–water partition coefficient (Wildman–Crippen LogP) is 2.04. The summed E-state index contributed by atoms with van der Waals surface area (Å²) in [6.45, 7) is 7.21. The van der Waals surface area contributed by atoms with Crippen molar-refractivity contribution in [3.05, 3.63) is 30.9 Å². The molecule has 0 spiro atoms. The Balaban J connectivity index is 2.08. The second kappa shape index (κ2) is 4.93. The second-order valence-electron chi connectivity index (χ2n) is 4.89. The van der Waals surface area contributed by atoms with Crippen LogP contribution in [0.5, 0.6) is 11.5 Å². The molecule has 0 saturated carbocycles. The van der Waals surface area contributed by atoms with Gasteiger partial charge in [0.15, 0.2) is 11.5 Å². The van der Waals surface area contributed by atoms with Crippen LogP contribution in [0, 0.1) is 0 Å². The highest BCUT2D eigenvalue weighted by Gasteiger charge is 2.31. The number of nitrogens with one attached hydrogen (secondary N) is 1. The summed E-state index contributed by atoms with van der Waals surface area (Å²) in [7, 11) is 0. The summed E-state index contributed by atoms with van der Waals surface area (Å²) in [5, 5.41) is 2.74. The molecule has 0 saturated heterocycles. The number of carbonyl (C=O) groups is 1. The third kappa shape index (κ3) is 3.06. The first-order chi connectivity index (χ1) is 8.91. The molecule has 102 valence electrons. The van der Waals surface area contributed by atoms with Gasteiger partial charge in [-0.15, -0.1) is 6.58 Å². The first kappa shape index (κ1) is 13.4. The van der Waals surface area contributed by atoms with Crippen LogP contribution < -0.4 is 20.5 Å². The van der Waals surface area contributed by atoms with E-state index in [-0.39, 0.29) is 5.91 Å². The Hall–Kier alpha value is -2.01. The molecule has 3 N–H and O–H groups in total. The van der Waals surface area contributed by atoms with Gasteiger partial charge in [0.05, 0.1) is 6.04 Å². The maximum absolute atomic E-state index is 11.8. The summed E-state index contributed by atoms with van der Waals surface area (Å²) < 4.78 is 11.2. The van der Waals surface area contributed by atoms with Gasteiger partial charge in [-0.1, -0.05) is 6.08 Å². The maximum atomic E-state index is 11.8. The smallest absolute Gasteiger partial charge is 0.246 e. The highest BCUT2D eigenvalue weighted by molar-refractivity contribution is 5.95. The first-order valence-electron chi connectivity index (χ1n) is 6.11. The van der Waals surface area contributed by atoms with Crippen LogP contribution in [0.3, 0.4) is 0 Å². The molecule has 19 heavy (non-hydrogen) atoms. The minimum Gasteiger partial charge on any atom is -0.449 e. The van der Waals surface area contributed by atoms with Gasteiger partial charge < -0.3 is 20.5 Å². The number of carbonyl (C=O) groups excluding carboxylic acids is 1. The van der Waals surface area contributed by atoms with Crippen LogP contribution in [0.1, 0.15) is 20.3 Å². The van der Waals surface area contributed by atoms with Crippen molar-refractivity contribution in [2.75, 3.05) is 5.32 Å². The van der Waals surface area contributed by atoms with Crippen molar-refractivity contribution >= 4 is 11.6 Å². The van der Waals surface area contributed by atoms with Gasteiger partial charge in [-0.25, -0.2) is 0 Å². The van der Waals surface area contributed by atoms with Crippen LogP contribution in [0.4, 0.5) is 5.69 Å². The molecule has 1 aromatic rings. The largest absolute Gasteiger partial charge is 0.449 e. The van der Waals surface area contributed by atoms with E-state index in [9.17, 15) is 4.79 Å². The predicted molar refractivity (Wildman–Crippen MR) is 73.2 cm³/mol. The molecule has 0 fully saturated rings. The van der Waals surface area contributed by atoms with Crippen LogP contribution in [0.25, 0.3) is 0 Å². The van der Waals surface area contributed by atoms with E-state index >= 15 is 0 Å². The van der Waals surface area contributed by atoms with E-state index < -0.39 is 11.8 Å². The number of nitrogens with two attached hydrogens (primary N) is 1. The van der Waals surface area contributed by atoms with Crippen LogP contribution in [0.15, 0.2) is 30.9 Å². The Morgan fingerprint density at radius 3 is 2.84 bits per heavy atom. The quantitative estimate of drug-likeness (QED) is 0.814. The van der Waals surface area contributed by atoms with Crippen molar-refractivity contribution in [3.63, 3.8) is 0 Å². The van der Waals surface area contributed by atoms with E-state index in [1.165, 1.54) is 0 Å². The fraction of sp³-hybridized carbons (Fsp3) is 0.357. The Kier molecular flexibility index (Phi) is 3.48. The van der Waals surface area contributed by atoms with Gasteiger partial charge in [0.25, 0.3) is 0 Å². The van der Waals surface area contributed by atoms with Crippen molar-refractivity contribution in [3.8, 4) is 11.5 Å². The normalized spacial score (nSPS) is 16.8. The Labute approximate surface area is 112 Å². The van der Waals surface area contributed by atoms with Gasteiger partial charge in [0.2, 0.25) is 11.7 Å². The lowest BCUT2D eigenvalue weighted by Gasteiger charge is -2.16. The molecule has 0 aliphatic carbocycles. The van der Waals surface area contributed by atoms with Gasteiger partial charge in [-0.05, 0) is 18.6 Å². The number of ether oxygens (including phenoxy) is 2. The van der Waals surface area contributed by atoms with Crippen molar-refractivity contribution in [2.45, 2.75) is 32.1 Å². The lowest BCUT2D eigenvalue weighted by molar-refractivity contribution is -0.117. The van der Waals surface area contributed by atoms with E-state index in [4.69, 9.17) is 15.2 Å². The summed E-state index contributed by atoms with van der Waals surface area (Å²) in [6, 6.07) is 4.64. The minimum absolute atomic E-state index is 0.252. The standard InChI is InChI=1S/C14H18N2O3/c1-4-5-10(15)13(17)16-9-6-7-11-12(8-9)19-14(2,3)18-11/h4,6-8,10H,1,5,15H2,2-3H3,(H,16,17). The molecule has 0 radical (unpaired) electrons. The first-order valence-corrected chi connectivity index (χ1v) is 6.11. The van der Waals surface area contributed by atoms with Gasteiger partial charge >= 0.3 is 0 Å². The number of hydrogen-bond acceptors (Lipinski definition) is 4. The fourth-order valence-electron chi connectivity index (χ4n) is 1.82. The number of fused-ring (bicyclic) bond motifs is 1. The molecule has 1 atom stereocenters. The van der Waals surface area contributed by atoms with Crippen LogP contribution in [0.2, 0.25) is 0 Å². The second-order valence-corrected chi connectivity index (χ2v) is 4.89. The minimum atomic E-state index is -0.676. The third-order valence-corrected chi connectivity index (χ3v) is 2.68. The summed E-state index contributed by atoms with van der Waals surface area (Å²) in [6.07, 6.45) is 2.05. The van der Waals surface area contributed by atoms with Gasteiger partial charge in [-0.3, -0.25) is 4.79 Å². The van der Waals surface area contributed by atoms with E-state index in [2.05, 4.69) is 11.9 Å². The number of anilines is 1. The summed E-state index contributed by atoms with van der Waals surface area (Å²) in [5.41, 5.74) is 6.32. The molecule has 1 aromatic carbocycles. The van der Waals surface area contributed by atoms with Crippen LogP contribution >= 0.6 is 0 Å². The zero-order valence-corrected chi connectivity index (χ0v) is 11.1. The Morgan fingerprint density at radius 1 is 1.47 bits per heavy atom. The highest BCUT2D eigenvalue weighted by Crippen LogP contribution is 2.40. The Morgan fingerprint density at radius 2 is 2.16 bits per heavy atom. The molecule has 2 rings (SSSR count). The van der Waals surface area contributed by atoms with Gasteiger partial charge in [0, 0.05) is 25.6 Å². The molecule has 0 bridgehead atoms. The summed E-state index contributed by atoms with van der Waals surface area (Å²) >= 11 is 0. The average molecular weight is 262 g/mol. The monoisotopic (exact) mass is 262 g/mol. The zero-order valence-electron chi connectivity index (χ0n) is 11.1. The van der Waals surface area contributed by atoms with Crippen LogP contribution in [-0.2, 0) is 4.79 Å². The van der Waals surface area contributed by atoms with Crippen molar-refractivity contribution < 1.29 is 14.3 Å². The molecule has 1 aliphatic heterocycles. The maximum Gasteiger partial charge on any atom is 0.246 e. The number of benzene rings is 1. The molecular formula is C14H18N2O3. The van der Waals surface area contributed by atoms with E-state index in [0.29, 0.717) is 23.6 Å². The zero-order chi connectivity index (χ0) is 14.0. The number of amides is 1. The van der Waals surface area contributed by atoms with Gasteiger partial charge in [-0.2, -0.15) is 0 Å². The van der Waals surface area contributed by atoms with Gasteiger partial charge in [0.1, 0.15) is 0 Å². The lowest BCUT2D eigenvalue weighted by Crippen LogP contribution is -2.35. The molecule has 0 aromatic heterocycles. The molecule has 1 heterocycles. The molecule has 5 heteroatoms. The summed E-state index contributed by atoms with van der Waals surface area (Å²) in [4.78, 5) is 11.8. The van der Waals surface area contributed by atoms with Crippen molar-refractivity contribution in [1.29, 1.82) is 0 Å². The molecule has 1 unspecified atom stereocenters.